The Bertz CT molecular complexity index is 884. The minimum absolute atomic E-state index is 0.309. The van der Waals surface area contributed by atoms with Crippen LogP contribution in [0.4, 0.5) is 10.1 Å². The van der Waals surface area contributed by atoms with Gasteiger partial charge in [-0.2, -0.15) is 0 Å². The molecule has 122 valence electrons. The lowest BCUT2D eigenvalue weighted by Gasteiger charge is -2.15. The first-order valence-electron chi connectivity index (χ1n) is 7.42. The predicted molar refractivity (Wildman–Crippen MR) is 82.0 cm³/mol. The third-order valence-corrected chi connectivity index (χ3v) is 4.21. The highest BCUT2D eigenvalue weighted by molar-refractivity contribution is 6.32. The molecule has 2 amide bonds. The van der Waals surface area contributed by atoms with Gasteiger partial charge >= 0.3 is 0 Å². The Hall–Kier alpha value is -2.96. The number of hydrogen-bond donors (Lipinski definition) is 0. The number of imide groups is 1. The summed E-state index contributed by atoms with van der Waals surface area (Å²) in [6.07, 6.45) is -0.993. The van der Waals surface area contributed by atoms with Crippen molar-refractivity contribution in [1.82, 2.24) is 0 Å². The van der Waals surface area contributed by atoms with Crippen molar-refractivity contribution in [3.8, 4) is 0 Å². The lowest BCUT2D eigenvalue weighted by molar-refractivity contribution is -0.126. The van der Waals surface area contributed by atoms with Crippen LogP contribution in [-0.4, -0.2) is 23.6 Å². The van der Waals surface area contributed by atoms with Crippen LogP contribution in [0.5, 0.6) is 0 Å². The molecule has 0 saturated carbocycles. The van der Waals surface area contributed by atoms with E-state index in [-0.39, 0.29) is 0 Å². The number of benzene rings is 1. The molecule has 0 radical (unpaired) electrons. The van der Waals surface area contributed by atoms with E-state index < -0.39 is 29.7 Å². The molecule has 2 aliphatic rings. The number of nitrogens with zero attached hydrogens (tertiary/aromatic N) is 2. The van der Waals surface area contributed by atoms with E-state index in [0.29, 0.717) is 28.5 Å². The first kappa shape index (κ1) is 14.6. The van der Waals surface area contributed by atoms with Gasteiger partial charge < -0.3 is 9.25 Å². The normalized spacial score (nSPS) is 22.6. The summed E-state index contributed by atoms with van der Waals surface area (Å²) in [4.78, 5) is 31.6. The van der Waals surface area contributed by atoms with Crippen LogP contribution < -0.4 is 4.90 Å². The fraction of sp³-hybridized carbons (Fsp3) is 0.235. The molecule has 4 rings (SSSR count). The fourth-order valence-corrected chi connectivity index (χ4v) is 3.13. The van der Waals surface area contributed by atoms with Gasteiger partial charge in [-0.3, -0.25) is 9.59 Å². The number of carbonyl (C=O) groups excluding carboxylic acids is 2. The molecule has 0 spiro atoms. The second-order valence-corrected chi connectivity index (χ2v) is 5.80. The minimum Gasteiger partial charge on any atom is -0.466 e. The fourth-order valence-electron chi connectivity index (χ4n) is 3.13. The van der Waals surface area contributed by atoms with Crippen molar-refractivity contribution in [2.45, 2.75) is 20.0 Å². The van der Waals surface area contributed by atoms with Gasteiger partial charge in [-0.1, -0.05) is 5.16 Å². The summed E-state index contributed by atoms with van der Waals surface area (Å²) in [7, 11) is 0. The molecule has 2 unspecified atom stereocenters. The Kier molecular flexibility index (Phi) is 3.06. The van der Waals surface area contributed by atoms with E-state index in [1.54, 1.807) is 19.9 Å². The first-order valence-corrected chi connectivity index (χ1v) is 7.42. The number of furan rings is 1. The number of halogens is 1. The van der Waals surface area contributed by atoms with Crippen LogP contribution in [0.25, 0.3) is 0 Å². The molecule has 0 aliphatic carbocycles. The molecule has 1 fully saturated rings. The zero-order valence-electron chi connectivity index (χ0n) is 12.9. The molecule has 1 aromatic heterocycles. The summed E-state index contributed by atoms with van der Waals surface area (Å²) in [5, 5.41) is 3.94. The third-order valence-electron chi connectivity index (χ3n) is 4.21. The zero-order valence-corrected chi connectivity index (χ0v) is 12.9. The number of aryl methyl sites for hydroxylation is 2. The Balaban J connectivity index is 1.72. The average molecular weight is 328 g/mol. The smallest absolute Gasteiger partial charge is 0.278 e. The van der Waals surface area contributed by atoms with Crippen LogP contribution in [0.1, 0.15) is 17.1 Å². The van der Waals surface area contributed by atoms with Crippen molar-refractivity contribution < 1.29 is 23.2 Å². The molecule has 3 heterocycles. The van der Waals surface area contributed by atoms with Gasteiger partial charge in [0.1, 0.15) is 29.0 Å². The summed E-state index contributed by atoms with van der Waals surface area (Å²) in [6, 6.07) is 6.93. The highest BCUT2D eigenvalue weighted by Gasteiger charge is 2.56. The van der Waals surface area contributed by atoms with Crippen molar-refractivity contribution in [2.24, 2.45) is 11.1 Å². The van der Waals surface area contributed by atoms with E-state index in [2.05, 4.69) is 5.16 Å². The number of hydrogen-bond acceptors (Lipinski definition) is 5. The Labute approximate surface area is 136 Å². The summed E-state index contributed by atoms with van der Waals surface area (Å²) in [5.74, 6) is -0.921. The molecule has 0 N–H and O–H groups in total. The highest BCUT2D eigenvalue weighted by atomic mass is 19.1. The second kappa shape index (κ2) is 5.02. The van der Waals surface area contributed by atoms with E-state index in [4.69, 9.17) is 9.25 Å². The maximum atomic E-state index is 13.1. The van der Waals surface area contributed by atoms with E-state index >= 15 is 0 Å². The second-order valence-electron chi connectivity index (χ2n) is 5.80. The maximum absolute atomic E-state index is 13.1. The lowest BCUT2D eigenvalue weighted by Crippen LogP contribution is -2.33. The summed E-state index contributed by atoms with van der Waals surface area (Å²) < 4.78 is 18.6. The summed E-state index contributed by atoms with van der Waals surface area (Å²) in [6.45, 7) is 3.55. The van der Waals surface area contributed by atoms with E-state index in [1.165, 1.54) is 24.3 Å². The van der Waals surface area contributed by atoms with E-state index in [9.17, 15) is 14.0 Å². The van der Waals surface area contributed by atoms with Crippen LogP contribution >= 0.6 is 0 Å². The standard InChI is InChI=1S/C17H13FN2O4/c1-8-7-12(9(2)23-8)14-13-15(24-19-14)17(22)20(16(13)21)11-5-3-10(18)4-6-11/h3-7,13,15H,1-2H3. The summed E-state index contributed by atoms with van der Waals surface area (Å²) >= 11 is 0. The average Bonchev–Trinajstić information content (AvgIpc) is 3.17. The third kappa shape index (κ3) is 1.97. The van der Waals surface area contributed by atoms with Gasteiger partial charge in [-0.25, -0.2) is 9.29 Å². The SMILES string of the molecule is Cc1cc(C2=NOC3C(=O)N(c4ccc(F)cc4)C(=O)C23)c(C)o1. The van der Waals surface area contributed by atoms with E-state index in [1.807, 2.05) is 0 Å². The quantitative estimate of drug-likeness (QED) is 0.793. The molecule has 2 atom stereocenters. The van der Waals surface area contributed by atoms with Crippen LogP contribution in [0, 0.1) is 25.6 Å². The summed E-state index contributed by atoms with van der Waals surface area (Å²) in [5.41, 5.74) is 1.35. The van der Waals surface area contributed by atoms with Gasteiger partial charge in [0, 0.05) is 5.56 Å². The van der Waals surface area contributed by atoms with E-state index in [0.717, 1.165) is 4.90 Å². The maximum Gasteiger partial charge on any atom is 0.278 e. The molecular formula is C17H13FN2O4. The highest BCUT2D eigenvalue weighted by Crippen LogP contribution is 2.36. The van der Waals surface area contributed by atoms with Crippen molar-refractivity contribution in [3.63, 3.8) is 0 Å². The molecule has 2 aromatic rings. The Morgan fingerprint density at radius 2 is 1.83 bits per heavy atom. The molecule has 1 saturated heterocycles. The van der Waals surface area contributed by atoms with Gasteiger partial charge in [-0.05, 0) is 44.2 Å². The lowest BCUT2D eigenvalue weighted by atomic mass is 9.94. The molecule has 7 heteroatoms. The molecule has 1 aromatic carbocycles. The first-order chi connectivity index (χ1) is 11.5. The number of anilines is 1. The van der Waals surface area contributed by atoms with Crippen molar-refractivity contribution in [1.29, 1.82) is 0 Å². The van der Waals surface area contributed by atoms with Gasteiger partial charge in [0.25, 0.3) is 5.91 Å². The van der Waals surface area contributed by atoms with Crippen molar-refractivity contribution in [3.05, 3.63) is 53.2 Å². The molecule has 6 nitrogen and oxygen atoms in total. The Morgan fingerprint density at radius 1 is 1.12 bits per heavy atom. The number of oxime groups is 1. The molecule has 24 heavy (non-hydrogen) atoms. The van der Waals surface area contributed by atoms with Crippen molar-refractivity contribution >= 4 is 23.2 Å². The number of carbonyl (C=O) groups is 2. The molecule has 2 aliphatic heterocycles. The van der Waals surface area contributed by atoms with Gasteiger partial charge in [0.2, 0.25) is 12.0 Å². The molecule has 0 bridgehead atoms. The number of amides is 2. The largest absolute Gasteiger partial charge is 0.466 e. The monoisotopic (exact) mass is 328 g/mol. The Morgan fingerprint density at radius 3 is 2.46 bits per heavy atom. The predicted octanol–water partition coefficient (Wildman–Crippen LogP) is 2.33. The number of rotatable bonds is 2. The minimum atomic E-state index is -0.993. The topological polar surface area (TPSA) is 72.1 Å². The van der Waals surface area contributed by atoms with Gasteiger partial charge in [-0.15, -0.1) is 0 Å². The number of fused-ring (bicyclic) bond motifs is 1. The van der Waals surface area contributed by atoms with Crippen LogP contribution in [0.15, 0.2) is 39.9 Å². The zero-order chi connectivity index (χ0) is 17.0. The van der Waals surface area contributed by atoms with Crippen LogP contribution in [-0.2, 0) is 14.4 Å². The van der Waals surface area contributed by atoms with Gasteiger partial charge in [0.05, 0.1) is 5.69 Å². The van der Waals surface area contributed by atoms with Crippen LogP contribution in [0.3, 0.4) is 0 Å². The molecular weight excluding hydrogens is 315 g/mol. The van der Waals surface area contributed by atoms with Crippen LogP contribution in [0.2, 0.25) is 0 Å². The van der Waals surface area contributed by atoms with Gasteiger partial charge in [0.15, 0.2) is 0 Å². The van der Waals surface area contributed by atoms with Crippen molar-refractivity contribution in [2.75, 3.05) is 4.90 Å².